The van der Waals surface area contributed by atoms with Crippen molar-refractivity contribution in [2.24, 2.45) is 40.6 Å². The average molecular weight is 371 g/mol. The first-order valence-corrected chi connectivity index (χ1v) is 8.80. The Morgan fingerprint density at radius 2 is 1.74 bits per heavy atom. The van der Waals surface area contributed by atoms with Gasteiger partial charge in [0.25, 0.3) is 11.8 Å². The molecular formula is C18H15BrN2O2. The summed E-state index contributed by atoms with van der Waals surface area (Å²) in [4.78, 5) is 25.5. The van der Waals surface area contributed by atoms with Crippen molar-refractivity contribution in [1.29, 1.82) is 0 Å². The minimum atomic E-state index is -0.180. The third kappa shape index (κ3) is 1.86. The SMILES string of the molecule is O=C1[C@@H]2[C@H]3C=C[C@@H]([C@@H]4C[C@H]34)[C@H]2C(=O)N1/N=C\c1cccc(Br)c1. The molecule has 1 heterocycles. The van der Waals surface area contributed by atoms with Crippen LogP contribution < -0.4 is 0 Å². The lowest BCUT2D eigenvalue weighted by Crippen LogP contribution is -2.40. The average Bonchev–Trinajstić information content (AvgIpc) is 3.32. The molecule has 2 bridgehead atoms. The highest BCUT2D eigenvalue weighted by Gasteiger charge is 2.67. The number of nitrogens with zero attached hydrogens (tertiary/aromatic N) is 2. The van der Waals surface area contributed by atoms with Crippen LogP contribution in [0.15, 0.2) is 46.0 Å². The largest absolute Gasteiger partial charge is 0.272 e. The smallest absolute Gasteiger partial charge is 0.254 e. The molecule has 0 spiro atoms. The molecule has 116 valence electrons. The Bertz CT molecular complexity index is 751. The molecule has 0 radical (unpaired) electrons. The molecule has 0 N–H and O–H groups in total. The Labute approximate surface area is 142 Å². The second-order valence-electron chi connectivity index (χ2n) is 6.94. The first-order valence-electron chi connectivity index (χ1n) is 8.01. The number of carbonyl (C=O) groups is 2. The quantitative estimate of drug-likeness (QED) is 0.456. The number of hydrazone groups is 1. The zero-order chi connectivity index (χ0) is 15.7. The molecule has 5 aliphatic rings. The topological polar surface area (TPSA) is 49.7 Å². The lowest BCUT2D eigenvalue weighted by atomic mass is 9.63. The van der Waals surface area contributed by atoms with Crippen LogP contribution >= 0.6 is 15.9 Å². The molecule has 23 heavy (non-hydrogen) atoms. The van der Waals surface area contributed by atoms with Gasteiger partial charge in [-0.15, -0.1) is 0 Å². The van der Waals surface area contributed by atoms with Crippen LogP contribution in [0, 0.1) is 35.5 Å². The highest BCUT2D eigenvalue weighted by Crippen LogP contribution is 2.65. The van der Waals surface area contributed by atoms with Crippen LogP contribution in [0.4, 0.5) is 0 Å². The van der Waals surface area contributed by atoms with Gasteiger partial charge >= 0.3 is 0 Å². The zero-order valence-electron chi connectivity index (χ0n) is 12.3. The van der Waals surface area contributed by atoms with Crippen molar-refractivity contribution in [3.63, 3.8) is 0 Å². The Morgan fingerprint density at radius 3 is 2.35 bits per heavy atom. The third-order valence-electron chi connectivity index (χ3n) is 5.81. The summed E-state index contributed by atoms with van der Waals surface area (Å²) >= 11 is 3.41. The Hall–Kier alpha value is -1.75. The predicted molar refractivity (Wildman–Crippen MR) is 88.3 cm³/mol. The highest BCUT2D eigenvalue weighted by atomic mass is 79.9. The van der Waals surface area contributed by atoms with Crippen molar-refractivity contribution in [3.8, 4) is 0 Å². The van der Waals surface area contributed by atoms with E-state index in [2.05, 4.69) is 33.2 Å². The number of allylic oxidation sites excluding steroid dienone is 2. The van der Waals surface area contributed by atoms with Crippen LogP contribution in [-0.2, 0) is 9.59 Å². The van der Waals surface area contributed by atoms with Gasteiger partial charge in [-0.05, 0) is 47.8 Å². The van der Waals surface area contributed by atoms with Crippen LogP contribution in [0.5, 0.6) is 0 Å². The Morgan fingerprint density at radius 1 is 1.09 bits per heavy atom. The number of hydrogen-bond acceptors (Lipinski definition) is 3. The number of rotatable bonds is 2. The van der Waals surface area contributed by atoms with E-state index in [1.165, 1.54) is 6.42 Å². The van der Waals surface area contributed by atoms with E-state index in [9.17, 15) is 9.59 Å². The fourth-order valence-corrected chi connectivity index (χ4v) is 5.18. The van der Waals surface area contributed by atoms with Crippen LogP contribution in [0.1, 0.15) is 12.0 Å². The Balaban J connectivity index is 1.45. The first kappa shape index (κ1) is 13.7. The molecule has 6 atom stereocenters. The van der Waals surface area contributed by atoms with E-state index in [-0.39, 0.29) is 35.5 Å². The summed E-state index contributed by atoms with van der Waals surface area (Å²) in [7, 11) is 0. The van der Waals surface area contributed by atoms with E-state index in [4.69, 9.17) is 0 Å². The normalized spacial score (nSPS) is 40.0. The van der Waals surface area contributed by atoms with Gasteiger partial charge < -0.3 is 0 Å². The number of benzene rings is 1. The second-order valence-corrected chi connectivity index (χ2v) is 7.86. The summed E-state index contributed by atoms with van der Waals surface area (Å²) in [5, 5.41) is 5.34. The molecule has 5 heteroatoms. The molecular weight excluding hydrogens is 356 g/mol. The van der Waals surface area contributed by atoms with E-state index >= 15 is 0 Å². The number of imide groups is 1. The summed E-state index contributed by atoms with van der Waals surface area (Å²) in [6.45, 7) is 0. The Kier molecular flexibility index (Phi) is 2.75. The van der Waals surface area contributed by atoms with Crippen molar-refractivity contribution < 1.29 is 9.59 Å². The second kappa shape index (κ2) is 4.63. The van der Waals surface area contributed by atoms with Gasteiger partial charge in [-0.3, -0.25) is 9.59 Å². The number of hydrogen-bond donors (Lipinski definition) is 0. The molecule has 1 aromatic rings. The third-order valence-corrected chi connectivity index (χ3v) is 6.30. The molecule has 4 aliphatic carbocycles. The number of halogens is 1. The summed E-state index contributed by atoms with van der Waals surface area (Å²) in [5.74, 6) is 1.15. The minimum absolute atomic E-state index is 0.115. The minimum Gasteiger partial charge on any atom is -0.272 e. The van der Waals surface area contributed by atoms with Crippen LogP contribution in [0.3, 0.4) is 0 Å². The summed E-state index contributed by atoms with van der Waals surface area (Å²) < 4.78 is 0.941. The maximum absolute atomic E-state index is 12.7. The maximum Gasteiger partial charge on any atom is 0.254 e. The van der Waals surface area contributed by atoms with Crippen LogP contribution in [0.25, 0.3) is 0 Å². The van der Waals surface area contributed by atoms with E-state index in [1.807, 2.05) is 24.3 Å². The summed E-state index contributed by atoms with van der Waals surface area (Å²) in [6.07, 6.45) is 7.12. The van der Waals surface area contributed by atoms with Crippen LogP contribution in [-0.4, -0.2) is 23.0 Å². The lowest BCUT2D eigenvalue weighted by molar-refractivity contribution is -0.140. The molecule has 4 nitrogen and oxygen atoms in total. The fraction of sp³-hybridized carbons (Fsp3) is 0.389. The van der Waals surface area contributed by atoms with Gasteiger partial charge in [0.15, 0.2) is 0 Å². The van der Waals surface area contributed by atoms with Crippen LogP contribution in [0.2, 0.25) is 0 Å². The van der Waals surface area contributed by atoms with Crippen molar-refractivity contribution in [3.05, 3.63) is 46.5 Å². The highest BCUT2D eigenvalue weighted by molar-refractivity contribution is 9.10. The molecule has 2 amide bonds. The zero-order valence-corrected chi connectivity index (χ0v) is 13.9. The molecule has 1 saturated heterocycles. The summed E-state index contributed by atoms with van der Waals surface area (Å²) in [6, 6.07) is 7.62. The van der Waals surface area contributed by atoms with E-state index in [1.54, 1.807) is 6.21 Å². The number of carbonyl (C=O) groups excluding carboxylic acids is 2. The van der Waals surface area contributed by atoms with Crippen molar-refractivity contribution >= 4 is 34.0 Å². The molecule has 3 fully saturated rings. The van der Waals surface area contributed by atoms with Gasteiger partial charge in [-0.2, -0.15) is 10.1 Å². The standard InChI is InChI=1S/C18H15BrN2O2/c19-10-3-1-2-9(6-10)8-20-21-17(22)15-11-4-5-12(14-7-13(11)14)16(15)18(21)23/h1-6,8,11-16H,7H2/b20-8-/t11-,12-,13-,14+,15+,16+/m0/s1. The van der Waals surface area contributed by atoms with E-state index in [0.717, 1.165) is 15.0 Å². The molecule has 0 aromatic heterocycles. The lowest BCUT2D eigenvalue weighted by Gasteiger charge is -2.37. The molecule has 2 saturated carbocycles. The maximum atomic E-state index is 12.7. The monoisotopic (exact) mass is 370 g/mol. The fourth-order valence-electron chi connectivity index (χ4n) is 4.77. The van der Waals surface area contributed by atoms with Crippen molar-refractivity contribution in [2.45, 2.75) is 6.42 Å². The predicted octanol–water partition coefficient (Wildman–Crippen LogP) is 2.84. The first-order chi connectivity index (χ1) is 11.1. The summed E-state index contributed by atoms with van der Waals surface area (Å²) in [5.41, 5.74) is 0.860. The van der Waals surface area contributed by atoms with Gasteiger partial charge in [0.05, 0.1) is 18.1 Å². The van der Waals surface area contributed by atoms with E-state index < -0.39 is 0 Å². The van der Waals surface area contributed by atoms with Crippen molar-refractivity contribution in [1.82, 2.24) is 5.01 Å². The molecule has 0 unspecified atom stereocenters. The van der Waals surface area contributed by atoms with Gasteiger partial charge in [0, 0.05) is 4.47 Å². The van der Waals surface area contributed by atoms with Gasteiger partial charge in [0.1, 0.15) is 0 Å². The van der Waals surface area contributed by atoms with Gasteiger partial charge in [0.2, 0.25) is 0 Å². The van der Waals surface area contributed by atoms with Gasteiger partial charge in [-0.25, -0.2) is 0 Å². The number of amides is 2. The molecule has 1 aromatic carbocycles. The van der Waals surface area contributed by atoms with Gasteiger partial charge in [-0.1, -0.05) is 40.2 Å². The van der Waals surface area contributed by atoms with Crippen molar-refractivity contribution in [2.75, 3.05) is 0 Å². The van der Waals surface area contributed by atoms with E-state index in [0.29, 0.717) is 11.8 Å². The molecule has 6 rings (SSSR count). The molecule has 1 aliphatic heterocycles.